The summed E-state index contributed by atoms with van der Waals surface area (Å²) >= 11 is 0. The van der Waals surface area contributed by atoms with Crippen molar-refractivity contribution in [3.05, 3.63) is 23.4 Å². The van der Waals surface area contributed by atoms with E-state index in [-0.39, 0.29) is 5.60 Å². The lowest BCUT2D eigenvalue weighted by Crippen LogP contribution is -2.32. The molecule has 0 amide bonds. The first-order valence-electron chi connectivity index (χ1n) is 7.56. The van der Waals surface area contributed by atoms with Crippen LogP contribution >= 0.6 is 0 Å². The van der Waals surface area contributed by atoms with Crippen molar-refractivity contribution < 1.29 is 4.74 Å². The Bertz CT molecular complexity index is 452. The van der Waals surface area contributed by atoms with Crippen molar-refractivity contribution in [3.8, 4) is 0 Å². The minimum atomic E-state index is 0.203. The Morgan fingerprint density at radius 3 is 2.89 bits per heavy atom. The Hall–Kier alpha value is -1.09. The molecular formula is C16H24N2O. The van der Waals surface area contributed by atoms with Crippen LogP contribution < -0.4 is 5.73 Å². The Morgan fingerprint density at radius 1 is 1.32 bits per heavy atom. The van der Waals surface area contributed by atoms with E-state index in [1.165, 1.54) is 50.5 Å². The fourth-order valence-electron chi connectivity index (χ4n) is 3.65. The normalized spacial score (nSPS) is 25.8. The highest BCUT2D eigenvalue weighted by Gasteiger charge is 2.40. The number of rotatable bonds is 2. The Balaban J connectivity index is 1.66. The van der Waals surface area contributed by atoms with E-state index in [1.807, 2.05) is 6.20 Å². The summed E-state index contributed by atoms with van der Waals surface area (Å²) in [6.45, 7) is 2.06. The molecule has 2 heterocycles. The Morgan fingerprint density at radius 2 is 2.11 bits per heavy atom. The monoisotopic (exact) mass is 260 g/mol. The number of nitrogens with zero attached hydrogens (tertiary/aromatic N) is 1. The SMILES string of the molecule is Cc1cnc(N)c(CC2CCC3(CCCCC3)O2)c1. The van der Waals surface area contributed by atoms with Gasteiger partial charge in [-0.2, -0.15) is 0 Å². The van der Waals surface area contributed by atoms with E-state index in [0.717, 1.165) is 12.0 Å². The summed E-state index contributed by atoms with van der Waals surface area (Å²) < 4.78 is 6.41. The molecule has 3 nitrogen and oxygen atoms in total. The van der Waals surface area contributed by atoms with Gasteiger partial charge in [0.2, 0.25) is 0 Å². The van der Waals surface area contributed by atoms with Crippen molar-refractivity contribution in [1.29, 1.82) is 0 Å². The van der Waals surface area contributed by atoms with Crippen molar-refractivity contribution in [3.63, 3.8) is 0 Å². The van der Waals surface area contributed by atoms with Gasteiger partial charge in [-0.15, -0.1) is 0 Å². The van der Waals surface area contributed by atoms with Crippen molar-refractivity contribution in [2.75, 3.05) is 5.73 Å². The zero-order valence-electron chi connectivity index (χ0n) is 11.8. The molecule has 1 spiro atoms. The number of aromatic nitrogens is 1. The average molecular weight is 260 g/mol. The van der Waals surface area contributed by atoms with Gasteiger partial charge in [-0.25, -0.2) is 4.98 Å². The average Bonchev–Trinajstić information content (AvgIpc) is 2.78. The van der Waals surface area contributed by atoms with E-state index in [2.05, 4.69) is 18.0 Å². The third kappa shape index (κ3) is 2.76. The Kier molecular flexibility index (Phi) is 3.48. The molecule has 2 aliphatic rings. The molecule has 1 aliphatic carbocycles. The van der Waals surface area contributed by atoms with Gasteiger partial charge < -0.3 is 10.5 Å². The molecule has 1 aromatic rings. The molecule has 2 fully saturated rings. The molecule has 2 N–H and O–H groups in total. The summed E-state index contributed by atoms with van der Waals surface area (Å²) in [6, 6.07) is 2.15. The summed E-state index contributed by atoms with van der Waals surface area (Å²) in [5, 5.41) is 0. The lowest BCUT2D eigenvalue weighted by molar-refractivity contribution is -0.0628. The molecule has 3 rings (SSSR count). The number of nitrogens with two attached hydrogens (primary N) is 1. The number of pyridine rings is 1. The minimum Gasteiger partial charge on any atom is -0.383 e. The van der Waals surface area contributed by atoms with Gasteiger partial charge in [-0.3, -0.25) is 0 Å². The van der Waals surface area contributed by atoms with Crippen LogP contribution in [-0.4, -0.2) is 16.7 Å². The van der Waals surface area contributed by atoms with Gasteiger partial charge in [0.05, 0.1) is 11.7 Å². The summed E-state index contributed by atoms with van der Waals surface area (Å²) in [6.07, 6.45) is 12.1. The summed E-state index contributed by atoms with van der Waals surface area (Å²) in [5.74, 6) is 0.666. The van der Waals surface area contributed by atoms with E-state index >= 15 is 0 Å². The van der Waals surface area contributed by atoms with Crippen LogP contribution in [0.25, 0.3) is 0 Å². The third-order valence-electron chi connectivity index (χ3n) is 4.69. The molecule has 3 heteroatoms. The topological polar surface area (TPSA) is 48.1 Å². The van der Waals surface area contributed by atoms with Crippen LogP contribution in [0, 0.1) is 6.92 Å². The minimum absolute atomic E-state index is 0.203. The zero-order chi connectivity index (χ0) is 13.3. The smallest absolute Gasteiger partial charge is 0.126 e. The number of nitrogen functional groups attached to an aromatic ring is 1. The van der Waals surface area contributed by atoms with Crippen LogP contribution in [0.1, 0.15) is 56.1 Å². The van der Waals surface area contributed by atoms with Crippen LogP contribution in [0.15, 0.2) is 12.3 Å². The highest BCUT2D eigenvalue weighted by atomic mass is 16.5. The van der Waals surface area contributed by atoms with E-state index in [9.17, 15) is 0 Å². The summed E-state index contributed by atoms with van der Waals surface area (Å²) in [4.78, 5) is 4.25. The molecule has 1 aromatic heterocycles. The Labute approximate surface area is 115 Å². The maximum atomic E-state index is 6.41. The predicted molar refractivity (Wildman–Crippen MR) is 77.0 cm³/mol. The molecule has 1 saturated carbocycles. The first kappa shape index (κ1) is 12.9. The molecule has 1 aliphatic heterocycles. The van der Waals surface area contributed by atoms with E-state index < -0.39 is 0 Å². The number of hydrogen-bond donors (Lipinski definition) is 1. The third-order valence-corrected chi connectivity index (χ3v) is 4.69. The van der Waals surface area contributed by atoms with E-state index in [1.54, 1.807) is 0 Å². The molecular weight excluding hydrogens is 236 g/mol. The van der Waals surface area contributed by atoms with Crippen molar-refractivity contribution in [2.45, 2.75) is 70.0 Å². The van der Waals surface area contributed by atoms with Crippen molar-refractivity contribution >= 4 is 5.82 Å². The van der Waals surface area contributed by atoms with Crippen LogP contribution in [0.2, 0.25) is 0 Å². The second-order valence-electron chi connectivity index (χ2n) is 6.28. The van der Waals surface area contributed by atoms with Crippen molar-refractivity contribution in [1.82, 2.24) is 4.98 Å². The molecule has 0 aromatic carbocycles. The van der Waals surface area contributed by atoms with E-state index in [4.69, 9.17) is 10.5 Å². The number of hydrogen-bond acceptors (Lipinski definition) is 3. The number of ether oxygens (including phenoxy) is 1. The molecule has 19 heavy (non-hydrogen) atoms. The lowest BCUT2D eigenvalue weighted by Gasteiger charge is -2.33. The molecule has 0 bridgehead atoms. The fourth-order valence-corrected chi connectivity index (χ4v) is 3.65. The maximum absolute atomic E-state index is 6.41. The van der Waals surface area contributed by atoms with Gasteiger partial charge in [-0.1, -0.05) is 25.3 Å². The van der Waals surface area contributed by atoms with Gasteiger partial charge in [0.15, 0.2) is 0 Å². The van der Waals surface area contributed by atoms with Crippen LogP contribution in [-0.2, 0) is 11.2 Å². The summed E-state index contributed by atoms with van der Waals surface area (Å²) in [5.41, 5.74) is 8.50. The zero-order valence-corrected chi connectivity index (χ0v) is 11.8. The van der Waals surface area contributed by atoms with Gasteiger partial charge in [0.1, 0.15) is 5.82 Å². The van der Waals surface area contributed by atoms with E-state index in [0.29, 0.717) is 11.9 Å². The molecule has 1 saturated heterocycles. The van der Waals surface area contributed by atoms with Gasteiger partial charge in [0, 0.05) is 12.6 Å². The fraction of sp³-hybridized carbons (Fsp3) is 0.688. The highest BCUT2D eigenvalue weighted by Crippen LogP contribution is 2.42. The highest BCUT2D eigenvalue weighted by molar-refractivity contribution is 5.41. The molecule has 104 valence electrons. The van der Waals surface area contributed by atoms with Crippen LogP contribution in [0.5, 0.6) is 0 Å². The van der Waals surface area contributed by atoms with Gasteiger partial charge in [-0.05, 0) is 43.7 Å². The number of anilines is 1. The maximum Gasteiger partial charge on any atom is 0.126 e. The van der Waals surface area contributed by atoms with Crippen molar-refractivity contribution in [2.24, 2.45) is 0 Å². The van der Waals surface area contributed by atoms with Gasteiger partial charge in [0.25, 0.3) is 0 Å². The first-order valence-corrected chi connectivity index (χ1v) is 7.56. The second kappa shape index (κ2) is 5.12. The molecule has 1 unspecified atom stereocenters. The first-order chi connectivity index (χ1) is 9.17. The predicted octanol–water partition coefficient (Wildman–Crippen LogP) is 3.40. The molecule has 0 radical (unpaired) electrons. The van der Waals surface area contributed by atoms with Crippen LogP contribution in [0.3, 0.4) is 0 Å². The second-order valence-corrected chi connectivity index (χ2v) is 6.28. The van der Waals surface area contributed by atoms with Crippen LogP contribution in [0.4, 0.5) is 5.82 Å². The lowest BCUT2D eigenvalue weighted by atomic mass is 9.83. The number of aryl methyl sites for hydroxylation is 1. The quantitative estimate of drug-likeness (QED) is 0.886. The largest absolute Gasteiger partial charge is 0.383 e. The van der Waals surface area contributed by atoms with Gasteiger partial charge >= 0.3 is 0 Å². The molecule has 1 atom stereocenters. The summed E-state index contributed by atoms with van der Waals surface area (Å²) in [7, 11) is 0. The standard InChI is InChI=1S/C16H24N2O/c1-12-9-13(15(17)18-11-12)10-14-5-8-16(19-14)6-3-2-4-7-16/h9,11,14H,2-8,10H2,1H3,(H2,17,18).